The van der Waals surface area contributed by atoms with Crippen LogP contribution in [0.25, 0.3) is 0 Å². The Labute approximate surface area is 93.0 Å². The van der Waals surface area contributed by atoms with E-state index in [9.17, 15) is 4.79 Å². The number of rotatable bonds is 7. The summed E-state index contributed by atoms with van der Waals surface area (Å²) in [6.07, 6.45) is 7.30. The third-order valence-corrected chi connectivity index (χ3v) is 3.13. The highest BCUT2D eigenvalue weighted by Crippen LogP contribution is 2.26. The molecule has 0 saturated heterocycles. The van der Waals surface area contributed by atoms with E-state index < -0.39 is 0 Å². The minimum Gasteiger partial charge on any atom is -0.356 e. The maximum atomic E-state index is 11.3. The number of amides is 1. The van der Waals surface area contributed by atoms with Crippen LogP contribution in [0, 0.1) is 5.92 Å². The normalized spacial score (nSPS) is 16.9. The highest BCUT2D eigenvalue weighted by Gasteiger charge is 2.14. The lowest BCUT2D eigenvalue weighted by molar-refractivity contribution is -0.121. The van der Waals surface area contributed by atoms with Crippen molar-refractivity contribution in [2.24, 2.45) is 5.92 Å². The van der Waals surface area contributed by atoms with Crippen molar-refractivity contribution in [2.75, 3.05) is 19.6 Å². The molecule has 1 aliphatic carbocycles. The molecule has 0 aromatic rings. The van der Waals surface area contributed by atoms with E-state index in [0.717, 1.165) is 25.6 Å². The summed E-state index contributed by atoms with van der Waals surface area (Å²) >= 11 is 0. The quantitative estimate of drug-likeness (QED) is 0.630. The van der Waals surface area contributed by atoms with Gasteiger partial charge in [-0.15, -0.1) is 0 Å². The van der Waals surface area contributed by atoms with Crippen molar-refractivity contribution >= 4 is 5.91 Å². The smallest absolute Gasteiger partial charge is 0.221 e. The molecule has 3 nitrogen and oxygen atoms in total. The third kappa shape index (κ3) is 5.78. The first-order chi connectivity index (χ1) is 7.33. The van der Waals surface area contributed by atoms with E-state index in [-0.39, 0.29) is 5.91 Å². The van der Waals surface area contributed by atoms with Gasteiger partial charge in [-0.05, 0) is 18.9 Å². The fourth-order valence-electron chi connectivity index (χ4n) is 2.18. The van der Waals surface area contributed by atoms with Crippen LogP contribution < -0.4 is 10.6 Å². The van der Waals surface area contributed by atoms with E-state index >= 15 is 0 Å². The zero-order valence-corrected chi connectivity index (χ0v) is 9.85. The van der Waals surface area contributed by atoms with Crippen LogP contribution in [0.4, 0.5) is 0 Å². The second-order valence-corrected chi connectivity index (χ2v) is 4.39. The van der Waals surface area contributed by atoms with Crippen LogP contribution in [-0.4, -0.2) is 25.5 Å². The molecule has 0 unspecified atom stereocenters. The summed E-state index contributed by atoms with van der Waals surface area (Å²) in [6, 6.07) is 0. The second-order valence-electron chi connectivity index (χ2n) is 4.39. The van der Waals surface area contributed by atoms with Gasteiger partial charge in [0.2, 0.25) is 5.91 Å². The van der Waals surface area contributed by atoms with Gasteiger partial charge >= 0.3 is 0 Å². The van der Waals surface area contributed by atoms with E-state index in [2.05, 4.69) is 17.6 Å². The number of carbonyl (C=O) groups excluding carboxylic acids is 1. The molecule has 0 spiro atoms. The van der Waals surface area contributed by atoms with E-state index in [1.807, 2.05) is 0 Å². The number of nitrogens with one attached hydrogen (secondary N) is 2. The van der Waals surface area contributed by atoms with E-state index in [0.29, 0.717) is 6.42 Å². The van der Waals surface area contributed by atoms with Crippen molar-refractivity contribution in [3.05, 3.63) is 0 Å². The van der Waals surface area contributed by atoms with Gasteiger partial charge in [-0.3, -0.25) is 4.79 Å². The van der Waals surface area contributed by atoms with Crippen molar-refractivity contribution in [2.45, 2.75) is 45.4 Å². The van der Waals surface area contributed by atoms with Gasteiger partial charge in [0.1, 0.15) is 0 Å². The van der Waals surface area contributed by atoms with E-state index in [1.165, 1.54) is 32.1 Å². The fourth-order valence-corrected chi connectivity index (χ4v) is 2.18. The molecule has 1 amide bonds. The lowest BCUT2D eigenvalue weighted by atomic mass is 10.0. The van der Waals surface area contributed by atoms with Crippen LogP contribution in [-0.2, 0) is 4.79 Å². The van der Waals surface area contributed by atoms with Gasteiger partial charge in [-0.2, -0.15) is 0 Å². The van der Waals surface area contributed by atoms with Crippen LogP contribution in [0.3, 0.4) is 0 Å². The van der Waals surface area contributed by atoms with Crippen molar-refractivity contribution in [3.8, 4) is 0 Å². The Hall–Kier alpha value is -0.570. The molecule has 1 aliphatic rings. The molecular formula is C12H24N2O. The Morgan fingerprint density at radius 2 is 2.00 bits per heavy atom. The average Bonchev–Trinajstić information content (AvgIpc) is 2.71. The van der Waals surface area contributed by atoms with E-state index in [1.54, 1.807) is 0 Å². The van der Waals surface area contributed by atoms with Gasteiger partial charge in [0, 0.05) is 19.5 Å². The molecule has 0 bridgehead atoms. The van der Waals surface area contributed by atoms with Gasteiger partial charge in [0.25, 0.3) is 0 Å². The summed E-state index contributed by atoms with van der Waals surface area (Å²) in [5.41, 5.74) is 0. The van der Waals surface area contributed by atoms with Gasteiger partial charge in [0.05, 0.1) is 0 Å². The monoisotopic (exact) mass is 212 g/mol. The number of carbonyl (C=O) groups is 1. The summed E-state index contributed by atoms with van der Waals surface area (Å²) in [5, 5.41) is 6.14. The maximum Gasteiger partial charge on any atom is 0.221 e. The SMILES string of the molecule is CCNCCC(=O)NCCC1CCCC1. The van der Waals surface area contributed by atoms with Crippen LogP contribution in [0.5, 0.6) is 0 Å². The van der Waals surface area contributed by atoms with Gasteiger partial charge in [-0.1, -0.05) is 32.6 Å². The predicted octanol–water partition coefficient (Wildman–Crippen LogP) is 1.68. The molecule has 15 heavy (non-hydrogen) atoms. The van der Waals surface area contributed by atoms with Crippen LogP contribution in [0.2, 0.25) is 0 Å². The minimum atomic E-state index is 0.189. The lowest BCUT2D eigenvalue weighted by Crippen LogP contribution is -2.29. The molecule has 2 N–H and O–H groups in total. The maximum absolute atomic E-state index is 11.3. The molecular weight excluding hydrogens is 188 g/mol. The molecule has 0 radical (unpaired) electrons. The van der Waals surface area contributed by atoms with Gasteiger partial charge in [-0.25, -0.2) is 0 Å². The van der Waals surface area contributed by atoms with Gasteiger partial charge in [0.15, 0.2) is 0 Å². The number of hydrogen-bond acceptors (Lipinski definition) is 2. The highest BCUT2D eigenvalue weighted by atomic mass is 16.1. The third-order valence-electron chi connectivity index (χ3n) is 3.13. The zero-order valence-electron chi connectivity index (χ0n) is 9.85. The first-order valence-corrected chi connectivity index (χ1v) is 6.30. The first kappa shape index (κ1) is 12.5. The molecule has 1 fully saturated rings. The zero-order chi connectivity index (χ0) is 10.9. The Bertz CT molecular complexity index is 176. The van der Waals surface area contributed by atoms with Crippen LogP contribution >= 0.6 is 0 Å². The second kappa shape index (κ2) is 7.69. The van der Waals surface area contributed by atoms with E-state index in [4.69, 9.17) is 0 Å². The molecule has 1 rings (SSSR count). The molecule has 0 aromatic heterocycles. The molecule has 1 saturated carbocycles. The largest absolute Gasteiger partial charge is 0.356 e. The average molecular weight is 212 g/mol. The summed E-state index contributed by atoms with van der Waals surface area (Å²) in [6.45, 7) is 4.66. The molecule has 88 valence electrons. The van der Waals surface area contributed by atoms with Crippen molar-refractivity contribution < 1.29 is 4.79 Å². The van der Waals surface area contributed by atoms with Crippen molar-refractivity contribution in [3.63, 3.8) is 0 Å². The summed E-state index contributed by atoms with van der Waals surface area (Å²) in [7, 11) is 0. The van der Waals surface area contributed by atoms with Crippen molar-refractivity contribution in [1.82, 2.24) is 10.6 Å². The molecule has 0 atom stereocenters. The topological polar surface area (TPSA) is 41.1 Å². The Kier molecular flexibility index (Phi) is 6.41. The highest BCUT2D eigenvalue weighted by molar-refractivity contribution is 5.75. The van der Waals surface area contributed by atoms with Crippen LogP contribution in [0.15, 0.2) is 0 Å². The van der Waals surface area contributed by atoms with Crippen LogP contribution in [0.1, 0.15) is 45.4 Å². The summed E-state index contributed by atoms with van der Waals surface area (Å²) in [4.78, 5) is 11.3. The minimum absolute atomic E-state index is 0.189. The Morgan fingerprint density at radius 1 is 1.27 bits per heavy atom. The first-order valence-electron chi connectivity index (χ1n) is 6.30. The Balaban J connectivity index is 1.91. The predicted molar refractivity (Wildman–Crippen MR) is 62.7 cm³/mol. The van der Waals surface area contributed by atoms with Gasteiger partial charge < -0.3 is 10.6 Å². The standard InChI is InChI=1S/C12H24N2O/c1-2-13-9-8-12(15)14-10-7-11-5-3-4-6-11/h11,13H,2-10H2,1H3,(H,14,15). The fraction of sp³-hybridized carbons (Fsp3) is 0.917. The summed E-state index contributed by atoms with van der Waals surface area (Å²) in [5.74, 6) is 1.06. The lowest BCUT2D eigenvalue weighted by Gasteiger charge is -2.09. The van der Waals surface area contributed by atoms with Crippen molar-refractivity contribution in [1.29, 1.82) is 0 Å². The Morgan fingerprint density at radius 3 is 2.67 bits per heavy atom. The molecule has 0 heterocycles. The summed E-state index contributed by atoms with van der Waals surface area (Å²) < 4.78 is 0. The number of hydrogen-bond donors (Lipinski definition) is 2. The molecule has 0 aliphatic heterocycles. The molecule has 0 aromatic carbocycles. The molecule has 3 heteroatoms.